The van der Waals surface area contributed by atoms with Crippen molar-refractivity contribution in [3.8, 4) is 0 Å². The highest BCUT2D eigenvalue weighted by molar-refractivity contribution is 5.93. The first-order valence-electron chi connectivity index (χ1n) is 8.62. The summed E-state index contributed by atoms with van der Waals surface area (Å²) in [6, 6.07) is 16.3. The van der Waals surface area contributed by atoms with Crippen molar-refractivity contribution in [2.45, 2.75) is 13.0 Å². The van der Waals surface area contributed by atoms with Crippen molar-refractivity contribution < 1.29 is 13.9 Å². The first-order valence-corrected chi connectivity index (χ1v) is 8.62. The number of benzene rings is 2. The van der Waals surface area contributed by atoms with Crippen LogP contribution in [-0.2, 0) is 4.74 Å². The maximum Gasteiger partial charge on any atom is 0.289 e. The van der Waals surface area contributed by atoms with Crippen LogP contribution in [0.25, 0.3) is 11.0 Å². The summed E-state index contributed by atoms with van der Waals surface area (Å²) in [5, 5.41) is 0.476. The third-order valence-corrected chi connectivity index (χ3v) is 4.65. The van der Waals surface area contributed by atoms with Crippen molar-refractivity contribution in [2.75, 3.05) is 19.7 Å². The van der Waals surface area contributed by atoms with Gasteiger partial charge in [0.1, 0.15) is 11.7 Å². The predicted molar refractivity (Wildman–Crippen MR) is 98.3 cm³/mol. The lowest BCUT2D eigenvalue weighted by Crippen LogP contribution is -2.42. The van der Waals surface area contributed by atoms with E-state index in [2.05, 4.69) is 0 Å². The van der Waals surface area contributed by atoms with Gasteiger partial charge in [0.2, 0.25) is 0 Å². The van der Waals surface area contributed by atoms with Crippen LogP contribution in [0.2, 0.25) is 0 Å². The van der Waals surface area contributed by atoms with Crippen molar-refractivity contribution in [1.82, 2.24) is 4.90 Å². The minimum absolute atomic E-state index is 0.0678. The number of nitrogens with zero attached hydrogens (tertiary/aromatic N) is 1. The molecule has 1 unspecified atom stereocenters. The molecule has 0 N–H and O–H groups in total. The van der Waals surface area contributed by atoms with Gasteiger partial charge in [0.05, 0.1) is 18.5 Å². The number of carbonyl (C=O) groups excluding carboxylic acids is 1. The number of carbonyl (C=O) groups is 1. The van der Waals surface area contributed by atoms with E-state index in [9.17, 15) is 9.59 Å². The Bertz CT molecular complexity index is 1010. The molecular weight excluding hydrogens is 330 g/mol. The largest absolute Gasteiger partial charge is 0.451 e. The number of ether oxygens (including phenoxy) is 1. The smallest absolute Gasteiger partial charge is 0.289 e. The molecule has 0 aliphatic carbocycles. The van der Waals surface area contributed by atoms with Gasteiger partial charge < -0.3 is 14.1 Å². The Hall–Kier alpha value is -2.92. The Labute approximate surface area is 150 Å². The first-order chi connectivity index (χ1) is 12.6. The van der Waals surface area contributed by atoms with Gasteiger partial charge in [0.25, 0.3) is 5.91 Å². The van der Waals surface area contributed by atoms with Crippen molar-refractivity contribution in [2.24, 2.45) is 0 Å². The van der Waals surface area contributed by atoms with Gasteiger partial charge in [-0.1, -0.05) is 42.0 Å². The van der Waals surface area contributed by atoms with Crippen LogP contribution in [0.1, 0.15) is 27.8 Å². The SMILES string of the molecule is Cc1ccc(C2CN(C(=O)c3cc(=O)c4ccccc4o3)CCO2)cc1. The van der Waals surface area contributed by atoms with Crippen molar-refractivity contribution in [3.63, 3.8) is 0 Å². The Balaban J connectivity index is 1.59. The Morgan fingerprint density at radius 2 is 1.88 bits per heavy atom. The maximum atomic E-state index is 12.9. The molecule has 4 rings (SSSR count). The summed E-state index contributed by atoms with van der Waals surface area (Å²) in [6.07, 6.45) is -0.180. The van der Waals surface area contributed by atoms with E-state index in [0.717, 1.165) is 5.56 Å². The zero-order valence-corrected chi connectivity index (χ0v) is 14.5. The summed E-state index contributed by atoms with van der Waals surface area (Å²) >= 11 is 0. The van der Waals surface area contributed by atoms with Crippen LogP contribution in [0.15, 0.2) is 63.8 Å². The molecule has 3 aromatic rings. The molecule has 1 saturated heterocycles. The van der Waals surface area contributed by atoms with E-state index < -0.39 is 0 Å². The molecular formula is C21H19NO4. The summed E-state index contributed by atoms with van der Waals surface area (Å²) in [7, 11) is 0. The molecule has 0 bridgehead atoms. The molecule has 1 aromatic heterocycles. The van der Waals surface area contributed by atoms with Gasteiger partial charge in [0.15, 0.2) is 11.2 Å². The minimum Gasteiger partial charge on any atom is -0.451 e. The van der Waals surface area contributed by atoms with E-state index in [1.807, 2.05) is 31.2 Å². The van der Waals surface area contributed by atoms with Crippen molar-refractivity contribution >= 4 is 16.9 Å². The predicted octanol–water partition coefficient (Wildman–Crippen LogP) is 3.32. The Kier molecular flexibility index (Phi) is 4.31. The number of morpholine rings is 1. The number of para-hydroxylation sites is 1. The molecule has 1 aliphatic rings. The third kappa shape index (κ3) is 3.13. The van der Waals surface area contributed by atoms with Gasteiger partial charge in [-0.05, 0) is 24.6 Å². The molecule has 26 heavy (non-hydrogen) atoms. The van der Waals surface area contributed by atoms with E-state index >= 15 is 0 Å². The highest BCUT2D eigenvalue weighted by atomic mass is 16.5. The molecule has 132 valence electrons. The third-order valence-electron chi connectivity index (χ3n) is 4.65. The summed E-state index contributed by atoms with van der Waals surface area (Å²) in [4.78, 5) is 26.8. The maximum absolute atomic E-state index is 12.9. The Morgan fingerprint density at radius 1 is 1.12 bits per heavy atom. The van der Waals surface area contributed by atoms with Gasteiger partial charge >= 0.3 is 0 Å². The lowest BCUT2D eigenvalue weighted by molar-refractivity contribution is -0.0237. The number of hydrogen-bond acceptors (Lipinski definition) is 4. The van der Waals surface area contributed by atoms with E-state index in [1.165, 1.54) is 11.6 Å². The average molecular weight is 349 g/mol. The van der Waals surface area contributed by atoms with Gasteiger partial charge in [-0.15, -0.1) is 0 Å². The number of hydrogen-bond donors (Lipinski definition) is 0. The monoisotopic (exact) mass is 349 g/mol. The van der Waals surface area contributed by atoms with Crippen LogP contribution in [0.5, 0.6) is 0 Å². The van der Waals surface area contributed by atoms with Crippen molar-refractivity contribution in [1.29, 1.82) is 0 Å². The second-order valence-corrected chi connectivity index (χ2v) is 6.49. The fourth-order valence-electron chi connectivity index (χ4n) is 3.18. The minimum atomic E-state index is -0.284. The zero-order valence-electron chi connectivity index (χ0n) is 14.5. The van der Waals surface area contributed by atoms with Crippen LogP contribution >= 0.6 is 0 Å². The lowest BCUT2D eigenvalue weighted by atomic mass is 10.1. The number of rotatable bonds is 2. The standard InChI is InChI=1S/C21H19NO4/c1-14-6-8-15(9-7-14)20-13-22(10-11-25-20)21(24)19-12-17(23)16-4-2-3-5-18(16)26-19/h2-9,12,20H,10-11,13H2,1H3. The summed E-state index contributed by atoms with van der Waals surface area (Å²) in [5.41, 5.74) is 2.42. The van der Waals surface area contributed by atoms with Crippen LogP contribution < -0.4 is 5.43 Å². The molecule has 1 aliphatic heterocycles. The van der Waals surface area contributed by atoms with Gasteiger partial charge in [-0.3, -0.25) is 9.59 Å². The number of aryl methyl sites for hydroxylation is 1. The molecule has 1 amide bonds. The fourth-order valence-corrected chi connectivity index (χ4v) is 3.18. The molecule has 0 radical (unpaired) electrons. The quantitative estimate of drug-likeness (QED) is 0.712. The number of fused-ring (bicyclic) bond motifs is 1. The molecule has 0 spiro atoms. The number of amides is 1. The van der Waals surface area contributed by atoms with Gasteiger partial charge in [-0.2, -0.15) is 0 Å². The lowest BCUT2D eigenvalue weighted by Gasteiger charge is -2.32. The van der Waals surface area contributed by atoms with E-state index in [4.69, 9.17) is 9.15 Å². The first kappa shape index (κ1) is 16.5. The van der Waals surface area contributed by atoms with E-state index in [-0.39, 0.29) is 23.2 Å². The van der Waals surface area contributed by atoms with Crippen LogP contribution in [0.4, 0.5) is 0 Å². The molecule has 0 saturated carbocycles. The zero-order chi connectivity index (χ0) is 18.1. The summed E-state index contributed by atoms with van der Waals surface area (Å²) in [5.74, 6) is -0.216. The molecule has 2 heterocycles. The second kappa shape index (κ2) is 6.77. The molecule has 1 fully saturated rings. The molecule has 1 atom stereocenters. The second-order valence-electron chi connectivity index (χ2n) is 6.49. The van der Waals surface area contributed by atoms with Gasteiger partial charge in [0, 0.05) is 12.6 Å². The Morgan fingerprint density at radius 3 is 2.69 bits per heavy atom. The van der Waals surface area contributed by atoms with Crippen LogP contribution in [0.3, 0.4) is 0 Å². The highest BCUT2D eigenvalue weighted by Gasteiger charge is 2.27. The van der Waals surface area contributed by atoms with Crippen molar-refractivity contribution in [3.05, 3.63) is 81.7 Å². The fraction of sp³-hybridized carbons (Fsp3) is 0.238. The van der Waals surface area contributed by atoms with Gasteiger partial charge in [-0.25, -0.2) is 0 Å². The topological polar surface area (TPSA) is 59.8 Å². The normalized spacial score (nSPS) is 17.4. The summed E-state index contributed by atoms with van der Waals surface area (Å²) in [6.45, 7) is 3.38. The van der Waals surface area contributed by atoms with Crippen LogP contribution in [0, 0.1) is 6.92 Å². The molecule has 5 nitrogen and oxygen atoms in total. The average Bonchev–Trinajstić information content (AvgIpc) is 2.68. The van der Waals surface area contributed by atoms with E-state index in [0.29, 0.717) is 30.7 Å². The summed E-state index contributed by atoms with van der Waals surface area (Å²) < 4.78 is 11.5. The van der Waals surface area contributed by atoms with Crippen LogP contribution in [-0.4, -0.2) is 30.5 Å². The molecule has 5 heteroatoms. The molecule has 2 aromatic carbocycles. The van der Waals surface area contributed by atoms with E-state index in [1.54, 1.807) is 29.2 Å². The highest BCUT2D eigenvalue weighted by Crippen LogP contribution is 2.24.